The van der Waals surface area contributed by atoms with Gasteiger partial charge in [0.25, 0.3) is 0 Å². The number of hydrogen-bond acceptors (Lipinski definition) is 4. The average molecular weight is 450 g/mol. The van der Waals surface area contributed by atoms with Crippen molar-refractivity contribution in [1.29, 1.82) is 0 Å². The fourth-order valence-electron chi connectivity index (χ4n) is 3.21. The number of halogens is 2. The molecule has 2 fully saturated rings. The summed E-state index contributed by atoms with van der Waals surface area (Å²) >= 11 is 8.69. The van der Waals surface area contributed by atoms with Gasteiger partial charge in [0.15, 0.2) is 14.9 Å². The molecule has 1 aromatic rings. The third-order valence-electron chi connectivity index (χ3n) is 4.45. The highest BCUT2D eigenvalue weighted by atomic mass is 79.9. The first-order valence-electron chi connectivity index (χ1n) is 7.56. The Hall–Kier alpha value is -1.26. The van der Waals surface area contributed by atoms with Crippen LogP contribution in [0.1, 0.15) is 0 Å². The van der Waals surface area contributed by atoms with E-state index in [1.807, 2.05) is 0 Å². The van der Waals surface area contributed by atoms with Crippen molar-refractivity contribution >= 4 is 54.7 Å². The third-order valence-corrected chi connectivity index (χ3v) is 7.07. The van der Waals surface area contributed by atoms with Crippen molar-refractivity contribution in [2.45, 2.75) is 12.1 Å². The quantitative estimate of drug-likeness (QED) is 0.647. The second-order valence-electron chi connectivity index (χ2n) is 6.38. The topological polar surface area (TPSA) is 60.9 Å². The molecule has 1 aromatic carbocycles. The Morgan fingerprint density at radius 3 is 2.60 bits per heavy atom. The van der Waals surface area contributed by atoms with Crippen LogP contribution in [0.25, 0.3) is 0 Å². The summed E-state index contributed by atoms with van der Waals surface area (Å²) in [4.78, 5) is 16.7. The van der Waals surface area contributed by atoms with E-state index in [2.05, 4.69) is 15.9 Å². The molecule has 1 amide bonds. The average Bonchev–Trinajstić information content (AvgIpc) is 2.92. The van der Waals surface area contributed by atoms with Crippen LogP contribution >= 0.6 is 28.1 Å². The molecule has 0 bridgehead atoms. The summed E-state index contributed by atoms with van der Waals surface area (Å²) in [6, 6.07) is 3.59. The van der Waals surface area contributed by atoms with Crippen molar-refractivity contribution in [2.24, 2.45) is 0 Å². The van der Waals surface area contributed by atoms with Gasteiger partial charge in [-0.15, -0.1) is 0 Å². The fourth-order valence-corrected chi connectivity index (χ4v) is 5.92. The lowest BCUT2D eigenvalue weighted by atomic mass is 10.1. The Balaban J connectivity index is 2.01. The first-order valence-corrected chi connectivity index (χ1v) is 10.6. The van der Waals surface area contributed by atoms with Crippen molar-refractivity contribution in [3.8, 4) is 0 Å². The number of rotatable bonds is 3. The number of thiocarbonyl (C=S) groups is 1. The maximum Gasteiger partial charge on any atom is 0.241 e. The first kappa shape index (κ1) is 18.5. The Morgan fingerprint density at radius 2 is 2.00 bits per heavy atom. The first-order chi connectivity index (χ1) is 11.6. The highest BCUT2D eigenvalue weighted by molar-refractivity contribution is 9.10. The van der Waals surface area contributed by atoms with Crippen molar-refractivity contribution < 1.29 is 17.6 Å². The second-order valence-corrected chi connectivity index (χ2v) is 9.81. The molecule has 6 nitrogen and oxygen atoms in total. The van der Waals surface area contributed by atoms with Crippen LogP contribution < -0.4 is 4.90 Å². The Bertz CT molecular complexity index is 846. The summed E-state index contributed by atoms with van der Waals surface area (Å²) in [6.45, 7) is -0.0306. The molecule has 2 unspecified atom stereocenters. The SMILES string of the molecule is CN(C)C(=O)CN1C(=S)N(c2ccc(Br)cc2F)C2CS(=O)(=O)CC21. The van der Waals surface area contributed by atoms with Crippen LogP contribution in [-0.4, -0.2) is 73.5 Å². The van der Waals surface area contributed by atoms with E-state index < -0.39 is 27.7 Å². The summed E-state index contributed by atoms with van der Waals surface area (Å²) in [5.74, 6) is -0.892. The van der Waals surface area contributed by atoms with Gasteiger partial charge >= 0.3 is 0 Å². The van der Waals surface area contributed by atoms with Crippen molar-refractivity contribution in [3.63, 3.8) is 0 Å². The lowest BCUT2D eigenvalue weighted by Gasteiger charge is -2.26. The number of nitrogens with zero attached hydrogens (tertiary/aromatic N) is 3. The third kappa shape index (κ3) is 3.39. The predicted octanol–water partition coefficient (Wildman–Crippen LogP) is 1.25. The Kier molecular flexibility index (Phi) is 4.80. The van der Waals surface area contributed by atoms with Gasteiger partial charge in [0.2, 0.25) is 5.91 Å². The number of likely N-dealkylation sites (N-methyl/N-ethyl adjacent to an activating group) is 1. The minimum Gasteiger partial charge on any atom is -0.347 e. The van der Waals surface area contributed by atoms with Gasteiger partial charge in [0, 0.05) is 18.6 Å². The second kappa shape index (κ2) is 6.48. The lowest BCUT2D eigenvalue weighted by Crippen LogP contribution is -2.44. The van der Waals surface area contributed by atoms with Gasteiger partial charge < -0.3 is 14.7 Å². The number of hydrogen-bond donors (Lipinski definition) is 0. The normalized spacial score (nSPS) is 24.6. The van der Waals surface area contributed by atoms with Crippen LogP contribution in [0, 0.1) is 5.82 Å². The Morgan fingerprint density at radius 1 is 1.36 bits per heavy atom. The zero-order valence-electron chi connectivity index (χ0n) is 13.6. The zero-order valence-corrected chi connectivity index (χ0v) is 16.9. The summed E-state index contributed by atoms with van der Waals surface area (Å²) in [6.07, 6.45) is 0. The van der Waals surface area contributed by atoms with Crippen molar-refractivity contribution in [2.75, 3.05) is 37.0 Å². The monoisotopic (exact) mass is 449 g/mol. The van der Waals surface area contributed by atoms with Crippen LogP contribution in [0.5, 0.6) is 0 Å². The largest absolute Gasteiger partial charge is 0.347 e. The van der Waals surface area contributed by atoms with Gasteiger partial charge in [-0.05, 0) is 30.4 Å². The smallest absolute Gasteiger partial charge is 0.241 e. The summed E-state index contributed by atoms with van der Waals surface area (Å²) in [7, 11) is -0.0364. The Labute approximate surface area is 159 Å². The number of amides is 1. The van der Waals surface area contributed by atoms with Gasteiger partial charge in [-0.2, -0.15) is 0 Å². The lowest BCUT2D eigenvalue weighted by molar-refractivity contribution is -0.129. The van der Waals surface area contributed by atoms with Crippen molar-refractivity contribution in [3.05, 3.63) is 28.5 Å². The van der Waals surface area contributed by atoms with Gasteiger partial charge in [0.05, 0.1) is 35.8 Å². The molecule has 2 saturated heterocycles. The van der Waals surface area contributed by atoms with E-state index in [0.717, 1.165) is 0 Å². The maximum absolute atomic E-state index is 14.5. The number of anilines is 1. The van der Waals surface area contributed by atoms with Crippen molar-refractivity contribution in [1.82, 2.24) is 9.80 Å². The van der Waals surface area contributed by atoms with Gasteiger partial charge in [-0.3, -0.25) is 4.79 Å². The minimum absolute atomic E-state index is 0.0306. The fraction of sp³-hybridized carbons (Fsp3) is 0.467. The maximum atomic E-state index is 14.5. The van der Waals surface area contributed by atoms with E-state index in [-0.39, 0.29) is 34.8 Å². The van der Waals surface area contributed by atoms with Crippen LogP contribution in [0.15, 0.2) is 22.7 Å². The molecule has 2 aliphatic heterocycles. The number of benzene rings is 1. The van der Waals surface area contributed by atoms with Crippen LogP contribution in [0.2, 0.25) is 0 Å². The molecule has 10 heteroatoms. The van der Waals surface area contributed by atoms with E-state index in [1.165, 1.54) is 15.9 Å². The molecule has 0 saturated carbocycles. The highest BCUT2D eigenvalue weighted by Gasteiger charge is 2.52. The van der Waals surface area contributed by atoms with Gasteiger partial charge in [-0.25, -0.2) is 12.8 Å². The van der Waals surface area contributed by atoms with Gasteiger partial charge in [0.1, 0.15) is 5.82 Å². The molecule has 0 spiro atoms. The standard InChI is InChI=1S/C15H17BrFN3O3S2/c1-18(2)14(21)6-19-12-7-25(22,23)8-13(12)20(15(19)24)11-4-3-9(16)5-10(11)17/h3-5,12-13H,6-8H2,1-2H3. The highest BCUT2D eigenvalue weighted by Crippen LogP contribution is 2.36. The summed E-state index contributed by atoms with van der Waals surface area (Å²) in [5.41, 5.74) is 0.222. The summed E-state index contributed by atoms with van der Waals surface area (Å²) < 4.78 is 39.3. The molecule has 136 valence electrons. The molecule has 2 heterocycles. The molecular weight excluding hydrogens is 433 g/mol. The van der Waals surface area contributed by atoms with Crippen LogP contribution in [0.4, 0.5) is 10.1 Å². The van der Waals surface area contributed by atoms with E-state index in [0.29, 0.717) is 4.47 Å². The van der Waals surface area contributed by atoms with E-state index in [1.54, 1.807) is 31.1 Å². The number of carbonyl (C=O) groups is 1. The molecule has 0 aliphatic carbocycles. The summed E-state index contributed by atoms with van der Waals surface area (Å²) in [5, 5.41) is 0.279. The van der Waals surface area contributed by atoms with Crippen LogP contribution in [0.3, 0.4) is 0 Å². The number of carbonyl (C=O) groups excluding carboxylic acids is 1. The molecule has 0 N–H and O–H groups in total. The molecule has 0 radical (unpaired) electrons. The van der Waals surface area contributed by atoms with Gasteiger partial charge in [-0.1, -0.05) is 15.9 Å². The van der Waals surface area contributed by atoms with E-state index in [4.69, 9.17) is 12.2 Å². The minimum atomic E-state index is -3.28. The molecule has 2 atom stereocenters. The van der Waals surface area contributed by atoms with E-state index >= 15 is 0 Å². The number of sulfone groups is 1. The zero-order chi connectivity index (χ0) is 18.5. The van der Waals surface area contributed by atoms with Crippen LogP contribution in [-0.2, 0) is 14.6 Å². The predicted molar refractivity (Wildman–Crippen MR) is 101 cm³/mol. The molecule has 0 aromatic heterocycles. The van der Waals surface area contributed by atoms with E-state index in [9.17, 15) is 17.6 Å². The molecule has 25 heavy (non-hydrogen) atoms. The molecular formula is C15H17BrFN3O3S2. The molecule has 3 rings (SSSR count). The number of fused-ring (bicyclic) bond motifs is 1. The molecule has 2 aliphatic rings.